The zero-order valence-corrected chi connectivity index (χ0v) is 30.2. The lowest BCUT2D eigenvalue weighted by atomic mass is 9.61. The first-order chi connectivity index (χ1) is 24.2. The van der Waals surface area contributed by atoms with E-state index in [2.05, 4.69) is 196 Å². The van der Waals surface area contributed by atoms with Gasteiger partial charge in [0.2, 0.25) is 0 Å². The smallest absolute Gasteiger partial charge is 0.0517 e. The maximum atomic E-state index is 2.72. The highest BCUT2D eigenvalue weighted by molar-refractivity contribution is 5.85. The van der Waals surface area contributed by atoms with Gasteiger partial charge in [-0.25, -0.2) is 0 Å². The van der Waals surface area contributed by atoms with E-state index in [1.165, 1.54) is 76.1 Å². The van der Waals surface area contributed by atoms with Crippen LogP contribution in [0.2, 0.25) is 0 Å². The highest BCUT2D eigenvalue weighted by atomic mass is 15.3. The zero-order chi connectivity index (χ0) is 34.5. The minimum Gasteiger partial charge on any atom is -0.334 e. The van der Waals surface area contributed by atoms with Gasteiger partial charge in [0.05, 0.1) is 5.54 Å². The Bertz CT molecular complexity index is 2030. The quantitative estimate of drug-likeness (QED) is 0.177. The molecule has 2 heteroatoms. The molecule has 250 valence electrons. The van der Waals surface area contributed by atoms with E-state index in [0.717, 1.165) is 11.4 Å². The number of benzene rings is 6. The van der Waals surface area contributed by atoms with Crippen LogP contribution in [0.15, 0.2) is 152 Å². The molecule has 2 nitrogen and oxygen atoms in total. The Morgan fingerprint density at radius 1 is 0.520 bits per heavy atom. The SMILES string of the molecule is CC(C)(C)c1cc(N(c2ccc(-c3ccccc3)cc2)c2ccc(-c3ccccc3)cc2)cc(N2c3ccccc3C3(C)CCCCC23C)c1. The summed E-state index contributed by atoms with van der Waals surface area (Å²) in [4.78, 5) is 5.17. The summed E-state index contributed by atoms with van der Waals surface area (Å²) in [7, 11) is 0. The van der Waals surface area contributed by atoms with Crippen LogP contribution in [0.25, 0.3) is 22.3 Å². The number of nitrogens with zero attached hydrogens (tertiary/aromatic N) is 2. The molecule has 2 aliphatic rings. The van der Waals surface area contributed by atoms with Gasteiger partial charge in [-0.3, -0.25) is 0 Å². The molecule has 1 aliphatic heterocycles. The Morgan fingerprint density at radius 3 is 1.58 bits per heavy atom. The Balaban J connectivity index is 1.31. The number of rotatable bonds is 6. The van der Waals surface area contributed by atoms with Crippen LogP contribution in [-0.4, -0.2) is 5.54 Å². The molecule has 1 aliphatic carbocycles. The summed E-state index contributed by atoms with van der Waals surface area (Å²) in [5, 5.41) is 0. The van der Waals surface area contributed by atoms with Gasteiger partial charge in [0.25, 0.3) is 0 Å². The average molecular weight is 653 g/mol. The summed E-state index contributed by atoms with van der Waals surface area (Å²) in [5.74, 6) is 0. The van der Waals surface area contributed by atoms with Crippen molar-refractivity contribution in [1.29, 1.82) is 0 Å². The van der Waals surface area contributed by atoms with Gasteiger partial charge in [-0.1, -0.05) is 144 Å². The van der Waals surface area contributed by atoms with Gasteiger partial charge in [0, 0.05) is 33.9 Å². The Labute approximate surface area is 299 Å². The monoisotopic (exact) mass is 652 g/mol. The molecule has 0 N–H and O–H groups in total. The molecule has 1 saturated carbocycles. The second kappa shape index (κ2) is 12.4. The Morgan fingerprint density at radius 2 is 1.02 bits per heavy atom. The van der Waals surface area contributed by atoms with Gasteiger partial charge in [-0.2, -0.15) is 0 Å². The summed E-state index contributed by atoms with van der Waals surface area (Å²) in [6.45, 7) is 12.1. The molecule has 2 unspecified atom stereocenters. The molecule has 6 aromatic rings. The molecule has 0 amide bonds. The second-order valence-electron chi connectivity index (χ2n) is 15.8. The van der Waals surface area contributed by atoms with Gasteiger partial charge in [-0.15, -0.1) is 0 Å². The average Bonchev–Trinajstić information content (AvgIpc) is 3.36. The van der Waals surface area contributed by atoms with Gasteiger partial charge >= 0.3 is 0 Å². The topological polar surface area (TPSA) is 6.48 Å². The lowest BCUT2D eigenvalue weighted by molar-refractivity contribution is 0.195. The molecule has 1 fully saturated rings. The summed E-state index contributed by atoms with van der Waals surface area (Å²) >= 11 is 0. The molecule has 0 radical (unpaired) electrons. The van der Waals surface area contributed by atoms with E-state index >= 15 is 0 Å². The fourth-order valence-corrected chi connectivity index (χ4v) is 8.70. The fourth-order valence-electron chi connectivity index (χ4n) is 8.70. The first kappa shape index (κ1) is 32.1. The van der Waals surface area contributed by atoms with Crippen LogP contribution >= 0.6 is 0 Å². The van der Waals surface area contributed by atoms with E-state index in [1.54, 1.807) is 0 Å². The van der Waals surface area contributed by atoms with E-state index < -0.39 is 0 Å². The summed E-state index contributed by atoms with van der Waals surface area (Å²) < 4.78 is 0. The highest BCUT2D eigenvalue weighted by Gasteiger charge is 2.57. The number of para-hydroxylation sites is 1. The molecule has 2 atom stereocenters. The van der Waals surface area contributed by atoms with Crippen molar-refractivity contribution in [2.75, 3.05) is 9.80 Å². The van der Waals surface area contributed by atoms with Crippen molar-refractivity contribution in [3.63, 3.8) is 0 Å². The maximum Gasteiger partial charge on any atom is 0.0517 e. The molecule has 0 spiro atoms. The van der Waals surface area contributed by atoms with E-state index in [9.17, 15) is 0 Å². The van der Waals surface area contributed by atoms with Crippen LogP contribution < -0.4 is 9.80 Å². The molecule has 50 heavy (non-hydrogen) atoms. The van der Waals surface area contributed by atoms with Crippen molar-refractivity contribution < 1.29 is 0 Å². The van der Waals surface area contributed by atoms with Gasteiger partial charge < -0.3 is 9.80 Å². The highest BCUT2D eigenvalue weighted by Crippen LogP contribution is 2.61. The fraction of sp³-hybridized carbons (Fsp3) is 0.250. The number of hydrogen-bond donors (Lipinski definition) is 0. The lowest BCUT2D eigenvalue weighted by Gasteiger charge is -2.50. The summed E-state index contributed by atoms with van der Waals surface area (Å²) in [5.41, 5.74) is 13.9. The normalized spacial score (nSPS) is 19.9. The van der Waals surface area contributed by atoms with Crippen molar-refractivity contribution in [1.82, 2.24) is 0 Å². The molecule has 6 aromatic carbocycles. The van der Waals surface area contributed by atoms with E-state index in [1.807, 2.05) is 0 Å². The second-order valence-corrected chi connectivity index (χ2v) is 15.8. The maximum absolute atomic E-state index is 2.72. The van der Waals surface area contributed by atoms with Crippen LogP contribution in [0.1, 0.15) is 71.4 Å². The van der Waals surface area contributed by atoms with Crippen LogP contribution in [0, 0.1) is 0 Å². The van der Waals surface area contributed by atoms with Crippen LogP contribution in [0.5, 0.6) is 0 Å². The summed E-state index contributed by atoms with van der Waals surface area (Å²) in [6.07, 6.45) is 4.94. The molecule has 0 bridgehead atoms. The third-order valence-electron chi connectivity index (χ3n) is 11.8. The number of hydrogen-bond acceptors (Lipinski definition) is 2. The Hall–Kier alpha value is -5.08. The van der Waals surface area contributed by atoms with Gasteiger partial charge in [0.15, 0.2) is 0 Å². The van der Waals surface area contributed by atoms with E-state index in [-0.39, 0.29) is 16.4 Å². The van der Waals surface area contributed by atoms with Crippen LogP contribution in [0.3, 0.4) is 0 Å². The molecule has 0 aromatic heterocycles. The van der Waals surface area contributed by atoms with Gasteiger partial charge in [-0.05, 0) is 107 Å². The van der Waals surface area contributed by atoms with Crippen LogP contribution in [0.4, 0.5) is 28.4 Å². The minimum absolute atomic E-state index is 0.0117. The molecular formula is C48H48N2. The van der Waals surface area contributed by atoms with Crippen LogP contribution in [-0.2, 0) is 10.8 Å². The third kappa shape index (κ3) is 5.42. The molecule has 0 saturated heterocycles. The number of fused-ring (bicyclic) bond motifs is 3. The van der Waals surface area contributed by atoms with Gasteiger partial charge in [0.1, 0.15) is 0 Å². The molecule has 1 heterocycles. The van der Waals surface area contributed by atoms with Crippen molar-refractivity contribution in [2.45, 2.75) is 76.7 Å². The van der Waals surface area contributed by atoms with E-state index in [0.29, 0.717) is 0 Å². The molecular weight excluding hydrogens is 605 g/mol. The first-order valence-corrected chi connectivity index (χ1v) is 18.3. The largest absolute Gasteiger partial charge is 0.334 e. The first-order valence-electron chi connectivity index (χ1n) is 18.3. The zero-order valence-electron chi connectivity index (χ0n) is 30.2. The van der Waals surface area contributed by atoms with E-state index in [4.69, 9.17) is 0 Å². The minimum atomic E-state index is -0.0409. The molecule has 8 rings (SSSR count). The summed E-state index contributed by atoms with van der Waals surface area (Å²) in [6, 6.07) is 56.0. The van der Waals surface area contributed by atoms with Crippen molar-refractivity contribution in [3.8, 4) is 22.3 Å². The van der Waals surface area contributed by atoms with Crippen molar-refractivity contribution in [3.05, 3.63) is 163 Å². The lowest BCUT2D eigenvalue weighted by Crippen LogP contribution is -2.54. The van der Waals surface area contributed by atoms with Crippen molar-refractivity contribution in [2.24, 2.45) is 0 Å². The third-order valence-corrected chi connectivity index (χ3v) is 11.8. The Kier molecular flexibility index (Phi) is 7.94. The number of anilines is 5. The standard InChI is InChI=1S/C48H48N2/c1-46(2,3)39-32-42(34-43(33-39)50-45-21-13-12-20-44(45)47(4)30-14-15-31-48(47,50)5)49(40-26-22-37(23-27-40)35-16-8-6-9-17-35)41-28-24-38(25-29-41)36-18-10-7-11-19-36/h6-13,16-29,32-34H,14-15,30-31H2,1-5H3. The predicted molar refractivity (Wildman–Crippen MR) is 214 cm³/mol. The predicted octanol–water partition coefficient (Wildman–Crippen LogP) is 13.5. The van der Waals surface area contributed by atoms with Crippen molar-refractivity contribution >= 4 is 28.4 Å².